The Morgan fingerprint density at radius 2 is 1.95 bits per heavy atom. The number of nitrogens with zero attached hydrogens (tertiary/aromatic N) is 1. The fourth-order valence-corrected chi connectivity index (χ4v) is 1.77. The van der Waals surface area contributed by atoms with Crippen LogP contribution in [0.4, 0.5) is 24.5 Å². The number of rotatable bonds is 3. The summed E-state index contributed by atoms with van der Waals surface area (Å²) in [6, 6.07) is 6.09. The first-order chi connectivity index (χ1) is 9.77. The maximum Gasteiger partial charge on any atom is 0.433 e. The summed E-state index contributed by atoms with van der Waals surface area (Å²) in [7, 11) is 0. The zero-order valence-corrected chi connectivity index (χ0v) is 11.0. The average molecular weight is 317 g/mol. The van der Waals surface area contributed by atoms with Crippen LogP contribution in [0.1, 0.15) is 16.1 Å². The number of halogens is 4. The van der Waals surface area contributed by atoms with E-state index in [1.807, 2.05) is 0 Å². The zero-order chi connectivity index (χ0) is 15.6. The van der Waals surface area contributed by atoms with Crippen molar-refractivity contribution >= 4 is 28.9 Å². The third-order valence-corrected chi connectivity index (χ3v) is 2.78. The van der Waals surface area contributed by atoms with Gasteiger partial charge in [0, 0.05) is 5.02 Å². The van der Waals surface area contributed by atoms with E-state index in [-0.39, 0.29) is 22.0 Å². The largest absolute Gasteiger partial charge is 0.478 e. The Bertz CT molecular complexity index is 672. The number of hydrogen-bond acceptors (Lipinski definition) is 3. The van der Waals surface area contributed by atoms with E-state index in [9.17, 15) is 18.0 Å². The minimum atomic E-state index is -4.52. The number of alkyl halides is 3. The van der Waals surface area contributed by atoms with E-state index < -0.39 is 17.8 Å². The molecule has 0 unspecified atom stereocenters. The van der Waals surface area contributed by atoms with Crippen molar-refractivity contribution in [3.8, 4) is 0 Å². The fraction of sp³-hybridized carbons (Fsp3) is 0.0769. The summed E-state index contributed by atoms with van der Waals surface area (Å²) in [5.74, 6) is -1.21. The molecule has 0 radical (unpaired) electrons. The van der Waals surface area contributed by atoms with Crippen molar-refractivity contribution in [1.29, 1.82) is 0 Å². The second-order valence-corrected chi connectivity index (χ2v) is 4.49. The number of pyridine rings is 1. The lowest BCUT2D eigenvalue weighted by Gasteiger charge is -2.11. The van der Waals surface area contributed by atoms with Crippen molar-refractivity contribution in [2.45, 2.75) is 6.18 Å². The highest BCUT2D eigenvalue weighted by Crippen LogP contribution is 2.29. The van der Waals surface area contributed by atoms with Crippen LogP contribution in [-0.2, 0) is 6.18 Å². The zero-order valence-electron chi connectivity index (χ0n) is 10.3. The topological polar surface area (TPSA) is 62.2 Å². The Morgan fingerprint density at radius 1 is 1.24 bits per heavy atom. The van der Waals surface area contributed by atoms with Crippen LogP contribution in [0.5, 0.6) is 0 Å². The summed E-state index contributed by atoms with van der Waals surface area (Å²) in [4.78, 5) is 14.4. The van der Waals surface area contributed by atoms with Gasteiger partial charge in [0.2, 0.25) is 0 Å². The van der Waals surface area contributed by atoms with Crippen LogP contribution in [-0.4, -0.2) is 16.1 Å². The molecular weight excluding hydrogens is 309 g/mol. The number of aromatic carboxylic acids is 1. The van der Waals surface area contributed by atoms with Crippen LogP contribution in [0.25, 0.3) is 0 Å². The van der Waals surface area contributed by atoms with Crippen LogP contribution in [0, 0.1) is 0 Å². The molecule has 0 amide bonds. The summed E-state index contributed by atoms with van der Waals surface area (Å²) in [5.41, 5.74) is -0.689. The van der Waals surface area contributed by atoms with Gasteiger partial charge in [-0.05, 0) is 30.3 Å². The van der Waals surface area contributed by atoms with Gasteiger partial charge in [-0.15, -0.1) is 0 Å². The Labute approximate surface area is 122 Å². The Hall–Kier alpha value is -2.28. The fourth-order valence-electron chi connectivity index (χ4n) is 1.59. The van der Waals surface area contributed by atoms with Crippen molar-refractivity contribution in [1.82, 2.24) is 4.98 Å². The van der Waals surface area contributed by atoms with Gasteiger partial charge in [0.05, 0.1) is 23.1 Å². The highest BCUT2D eigenvalue weighted by atomic mass is 35.5. The van der Waals surface area contributed by atoms with E-state index in [1.165, 1.54) is 18.2 Å². The summed E-state index contributed by atoms with van der Waals surface area (Å²) in [6.07, 6.45) is -3.55. The first kappa shape index (κ1) is 15.1. The van der Waals surface area contributed by atoms with Gasteiger partial charge >= 0.3 is 12.1 Å². The lowest BCUT2D eigenvalue weighted by molar-refractivity contribution is -0.141. The normalized spacial score (nSPS) is 11.2. The van der Waals surface area contributed by atoms with Crippen LogP contribution >= 0.6 is 11.6 Å². The van der Waals surface area contributed by atoms with Gasteiger partial charge in [-0.2, -0.15) is 13.2 Å². The highest BCUT2D eigenvalue weighted by Gasteiger charge is 2.32. The smallest absolute Gasteiger partial charge is 0.433 e. The molecule has 21 heavy (non-hydrogen) atoms. The number of aromatic nitrogens is 1. The lowest BCUT2D eigenvalue weighted by Crippen LogP contribution is -2.08. The van der Waals surface area contributed by atoms with Gasteiger partial charge in [0.25, 0.3) is 0 Å². The number of nitrogens with one attached hydrogen (secondary N) is 1. The summed E-state index contributed by atoms with van der Waals surface area (Å²) < 4.78 is 37.2. The van der Waals surface area contributed by atoms with Crippen molar-refractivity contribution in [3.05, 3.63) is 52.8 Å². The van der Waals surface area contributed by atoms with Gasteiger partial charge in [-0.1, -0.05) is 11.6 Å². The Morgan fingerprint density at radius 3 is 2.48 bits per heavy atom. The average Bonchev–Trinajstić information content (AvgIpc) is 2.40. The Kier molecular flexibility index (Phi) is 4.04. The second-order valence-electron chi connectivity index (χ2n) is 4.05. The number of carboxylic acid groups (broad SMARTS) is 1. The Balaban J connectivity index is 2.28. The SMILES string of the molecule is O=C(O)c1cc(Cl)ccc1Nc1ccc(C(F)(F)F)nc1. The van der Waals surface area contributed by atoms with Gasteiger partial charge in [0.1, 0.15) is 5.69 Å². The summed E-state index contributed by atoms with van der Waals surface area (Å²) in [6.45, 7) is 0. The molecule has 0 spiro atoms. The molecule has 1 aromatic carbocycles. The van der Waals surface area contributed by atoms with E-state index in [1.54, 1.807) is 0 Å². The minimum Gasteiger partial charge on any atom is -0.478 e. The van der Waals surface area contributed by atoms with E-state index >= 15 is 0 Å². The molecular formula is C13H8ClF3N2O2. The molecule has 1 heterocycles. The number of carboxylic acids is 1. The molecule has 2 rings (SSSR count). The van der Waals surface area contributed by atoms with Crippen molar-refractivity contribution in [3.63, 3.8) is 0 Å². The molecule has 8 heteroatoms. The third-order valence-electron chi connectivity index (χ3n) is 2.54. The molecule has 0 bridgehead atoms. The minimum absolute atomic E-state index is 0.0950. The predicted octanol–water partition coefficient (Wildman–Crippen LogP) is 4.20. The van der Waals surface area contributed by atoms with Crippen molar-refractivity contribution in [2.24, 2.45) is 0 Å². The van der Waals surface area contributed by atoms with Crippen LogP contribution in [0.15, 0.2) is 36.5 Å². The molecule has 110 valence electrons. The first-order valence-corrected chi connectivity index (χ1v) is 5.98. The van der Waals surface area contributed by atoms with Gasteiger partial charge in [-0.25, -0.2) is 9.78 Å². The highest BCUT2D eigenvalue weighted by molar-refractivity contribution is 6.31. The molecule has 2 aromatic rings. The lowest BCUT2D eigenvalue weighted by atomic mass is 10.1. The number of hydrogen-bond donors (Lipinski definition) is 2. The number of anilines is 2. The second kappa shape index (κ2) is 5.61. The maximum atomic E-state index is 12.4. The van der Waals surface area contributed by atoms with E-state index in [0.29, 0.717) is 0 Å². The van der Waals surface area contributed by atoms with Gasteiger partial charge < -0.3 is 10.4 Å². The monoisotopic (exact) mass is 316 g/mol. The van der Waals surface area contributed by atoms with Crippen LogP contribution in [0.3, 0.4) is 0 Å². The molecule has 1 aromatic heterocycles. The van der Waals surface area contributed by atoms with Gasteiger partial charge in [0.15, 0.2) is 0 Å². The third kappa shape index (κ3) is 3.63. The molecule has 4 nitrogen and oxygen atoms in total. The molecule has 0 saturated carbocycles. The molecule has 0 aliphatic carbocycles. The molecule has 0 saturated heterocycles. The standard InChI is InChI=1S/C13H8ClF3N2O2/c14-7-1-3-10(9(5-7)12(20)21)19-8-2-4-11(18-6-8)13(15,16)17/h1-6,19H,(H,20,21). The molecule has 2 N–H and O–H groups in total. The molecule has 0 aliphatic rings. The maximum absolute atomic E-state index is 12.4. The first-order valence-electron chi connectivity index (χ1n) is 5.60. The quantitative estimate of drug-likeness (QED) is 0.891. The summed E-state index contributed by atoms with van der Waals surface area (Å²) >= 11 is 5.71. The molecule has 0 aliphatic heterocycles. The van der Waals surface area contributed by atoms with Crippen LogP contribution < -0.4 is 5.32 Å². The predicted molar refractivity (Wildman–Crippen MR) is 70.9 cm³/mol. The van der Waals surface area contributed by atoms with Crippen molar-refractivity contribution in [2.75, 3.05) is 5.32 Å². The van der Waals surface area contributed by atoms with E-state index in [4.69, 9.17) is 16.7 Å². The molecule has 0 atom stereocenters. The molecule has 0 fully saturated rings. The van der Waals surface area contributed by atoms with Crippen LogP contribution in [0.2, 0.25) is 5.02 Å². The van der Waals surface area contributed by atoms with Crippen molar-refractivity contribution < 1.29 is 23.1 Å². The van der Waals surface area contributed by atoms with Gasteiger partial charge in [-0.3, -0.25) is 0 Å². The summed E-state index contributed by atoms with van der Waals surface area (Å²) in [5, 5.41) is 12.0. The number of benzene rings is 1. The van der Waals surface area contributed by atoms with E-state index in [2.05, 4.69) is 10.3 Å². The number of carbonyl (C=O) groups is 1. The van der Waals surface area contributed by atoms with E-state index in [0.717, 1.165) is 18.3 Å².